The number of hydrogen-bond acceptors (Lipinski definition) is 3. The van der Waals surface area contributed by atoms with Gasteiger partial charge in [-0.25, -0.2) is 4.79 Å². The Balaban J connectivity index is 1.32. The van der Waals surface area contributed by atoms with Crippen LogP contribution >= 0.6 is 0 Å². The summed E-state index contributed by atoms with van der Waals surface area (Å²) >= 11 is 0. The van der Waals surface area contributed by atoms with Crippen molar-refractivity contribution in [1.29, 1.82) is 0 Å². The van der Waals surface area contributed by atoms with Gasteiger partial charge in [-0.3, -0.25) is 9.69 Å². The van der Waals surface area contributed by atoms with Crippen LogP contribution in [0.1, 0.15) is 44.9 Å². The van der Waals surface area contributed by atoms with Gasteiger partial charge in [0.2, 0.25) is 5.91 Å². The summed E-state index contributed by atoms with van der Waals surface area (Å²) in [6, 6.07) is 0.503. The number of likely N-dealkylation sites (tertiary alicyclic amines) is 1. The summed E-state index contributed by atoms with van der Waals surface area (Å²) in [5, 5.41) is 3.06. The molecule has 0 saturated carbocycles. The van der Waals surface area contributed by atoms with Crippen LogP contribution in [-0.2, 0) is 4.79 Å². The molecule has 0 unspecified atom stereocenters. The normalized spacial score (nSPS) is 23.1. The molecule has 1 aliphatic carbocycles. The highest BCUT2D eigenvalue weighted by molar-refractivity contribution is 5.78. The molecular formula is C19H32N4O2. The second kappa shape index (κ2) is 8.70. The summed E-state index contributed by atoms with van der Waals surface area (Å²) < 4.78 is 0. The van der Waals surface area contributed by atoms with Gasteiger partial charge in [-0.1, -0.05) is 11.6 Å². The van der Waals surface area contributed by atoms with E-state index in [0.29, 0.717) is 12.6 Å². The van der Waals surface area contributed by atoms with Crippen molar-refractivity contribution in [3.63, 3.8) is 0 Å². The van der Waals surface area contributed by atoms with Crippen molar-refractivity contribution in [2.24, 2.45) is 0 Å². The van der Waals surface area contributed by atoms with Crippen molar-refractivity contribution in [2.45, 2.75) is 51.0 Å². The molecule has 25 heavy (non-hydrogen) atoms. The molecule has 0 radical (unpaired) electrons. The molecule has 140 valence electrons. The topological polar surface area (TPSA) is 55.9 Å². The van der Waals surface area contributed by atoms with Crippen LogP contribution in [0.2, 0.25) is 0 Å². The van der Waals surface area contributed by atoms with Crippen molar-refractivity contribution in [2.75, 3.05) is 46.3 Å². The summed E-state index contributed by atoms with van der Waals surface area (Å²) in [4.78, 5) is 30.2. The molecule has 3 aliphatic rings. The molecule has 1 N–H and O–H groups in total. The first-order chi connectivity index (χ1) is 12.1. The quantitative estimate of drug-likeness (QED) is 0.745. The molecule has 6 heteroatoms. The lowest BCUT2D eigenvalue weighted by molar-refractivity contribution is -0.122. The van der Waals surface area contributed by atoms with Crippen molar-refractivity contribution >= 4 is 11.9 Å². The highest BCUT2D eigenvalue weighted by atomic mass is 16.2. The summed E-state index contributed by atoms with van der Waals surface area (Å²) in [6.07, 6.45) is 10.3. The Morgan fingerprint density at radius 2 is 2.00 bits per heavy atom. The Labute approximate surface area is 151 Å². The standard InChI is InChI=1S/C19H32N4O2/c1-21-13-14-23(19(21)25)17-8-11-22(12-9-17)15-18(24)20-10-7-16-5-3-2-4-6-16/h5,17H,2-4,6-15H2,1H3,(H,20,24). The molecule has 0 aromatic rings. The average Bonchev–Trinajstić information content (AvgIpc) is 2.96. The van der Waals surface area contributed by atoms with Gasteiger partial charge in [0.1, 0.15) is 0 Å². The maximum atomic E-state index is 12.1. The zero-order valence-corrected chi connectivity index (χ0v) is 15.5. The molecule has 0 aromatic heterocycles. The Bertz CT molecular complexity index is 512. The fourth-order valence-electron chi connectivity index (χ4n) is 4.15. The minimum Gasteiger partial charge on any atom is -0.355 e. The molecule has 2 heterocycles. The smallest absolute Gasteiger partial charge is 0.320 e. The van der Waals surface area contributed by atoms with Gasteiger partial charge in [0, 0.05) is 45.8 Å². The van der Waals surface area contributed by atoms with E-state index in [1.807, 2.05) is 11.9 Å². The zero-order valence-electron chi connectivity index (χ0n) is 15.5. The first-order valence-electron chi connectivity index (χ1n) is 9.82. The van der Waals surface area contributed by atoms with Gasteiger partial charge in [-0.15, -0.1) is 0 Å². The van der Waals surface area contributed by atoms with Crippen molar-refractivity contribution < 1.29 is 9.59 Å². The fraction of sp³-hybridized carbons (Fsp3) is 0.789. The molecule has 6 nitrogen and oxygen atoms in total. The van der Waals surface area contributed by atoms with Gasteiger partial charge in [0.25, 0.3) is 0 Å². The molecule has 2 saturated heterocycles. The molecule has 3 amide bonds. The van der Waals surface area contributed by atoms with Crippen LogP contribution in [0.5, 0.6) is 0 Å². The molecule has 0 atom stereocenters. The minimum atomic E-state index is 0.131. The first-order valence-corrected chi connectivity index (χ1v) is 9.82. The third kappa shape index (κ3) is 4.97. The van der Waals surface area contributed by atoms with Crippen LogP contribution in [0, 0.1) is 0 Å². The van der Waals surface area contributed by atoms with Crippen molar-refractivity contribution in [1.82, 2.24) is 20.0 Å². The highest BCUT2D eigenvalue weighted by Crippen LogP contribution is 2.21. The van der Waals surface area contributed by atoms with Crippen LogP contribution in [0.15, 0.2) is 11.6 Å². The van der Waals surface area contributed by atoms with Crippen LogP contribution < -0.4 is 5.32 Å². The number of nitrogens with zero attached hydrogens (tertiary/aromatic N) is 3. The number of hydrogen-bond donors (Lipinski definition) is 1. The third-order valence-corrected chi connectivity index (χ3v) is 5.77. The summed E-state index contributed by atoms with van der Waals surface area (Å²) in [5.41, 5.74) is 1.51. The fourth-order valence-corrected chi connectivity index (χ4v) is 4.15. The van der Waals surface area contributed by atoms with E-state index >= 15 is 0 Å². The Hall–Kier alpha value is -1.56. The number of nitrogens with one attached hydrogen (secondary N) is 1. The minimum absolute atomic E-state index is 0.131. The Kier molecular flexibility index (Phi) is 6.34. The monoisotopic (exact) mass is 348 g/mol. The maximum Gasteiger partial charge on any atom is 0.320 e. The second-order valence-electron chi connectivity index (χ2n) is 7.61. The van der Waals surface area contributed by atoms with E-state index in [1.54, 1.807) is 4.90 Å². The van der Waals surface area contributed by atoms with Gasteiger partial charge < -0.3 is 15.1 Å². The number of piperidine rings is 1. The van der Waals surface area contributed by atoms with Gasteiger partial charge in [-0.05, 0) is 44.9 Å². The highest BCUT2D eigenvalue weighted by Gasteiger charge is 2.33. The van der Waals surface area contributed by atoms with E-state index in [0.717, 1.165) is 52.0 Å². The lowest BCUT2D eigenvalue weighted by atomic mass is 9.97. The van der Waals surface area contributed by atoms with E-state index in [-0.39, 0.29) is 11.9 Å². The molecule has 2 aliphatic heterocycles. The number of carbonyl (C=O) groups excluding carboxylic acids is 2. The van der Waals surface area contributed by atoms with Gasteiger partial charge in [0.15, 0.2) is 0 Å². The maximum absolute atomic E-state index is 12.1. The van der Waals surface area contributed by atoms with Gasteiger partial charge in [0.05, 0.1) is 6.54 Å². The van der Waals surface area contributed by atoms with Crippen LogP contribution in [-0.4, -0.2) is 79.0 Å². The number of rotatable bonds is 6. The van der Waals surface area contributed by atoms with Crippen LogP contribution in [0.4, 0.5) is 4.79 Å². The molecule has 0 spiro atoms. The molecule has 3 rings (SSSR count). The molecule has 2 fully saturated rings. The van der Waals surface area contributed by atoms with E-state index < -0.39 is 0 Å². The largest absolute Gasteiger partial charge is 0.355 e. The summed E-state index contributed by atoms with van der Waals surface area (Å²) in [7, 11) is 1.87. The van der Waals surface area contributed by atoms with Crippen molar-refractivity contribution in [3.05, 3.63) is 11.6 Å². The van der Waals surface area contributed by atoms with E-state index in [2.05, 4.69) is 16.3 Å². The number of likely N-dealkylation sites (N-methyl/N-ethyl adjacent to an activating group) is 1. The molecule has 0 bridgehead atoms. The molecule has 0 aromatic carbocycles. The number of allylic oxidation sites excluding steroid dienone is 1. The van der Waals surface area contributed by atoms with Crippen LogP contribution in [0.3, 0.4) is 0 Å². The van der Waals surface area contributed by atoms with E-state index in [1.165, 1.54) is 31.3 Å². The Morgan fingerprint density at radius 3 is 2.64 bits per heavy atom. The summed E-state index contributed by atoms with van der Waals surface area (Å²) in [6.45, 7) is 4.72. The SMILES string of the molecule is CN1CCN(C2CCN(CC(=O)NCCC3=CCCCC3)CC2)C1=O. The van der Waals surface area contributed by atoms with Crippen molar-refractivity contribution in [3.8, 4) is 0 Å². The van der Waals surface area contributed by atoms with Gasteiger partial charge >= 0.3 is 6.03 Å². The van der Waals surface area contributed by atoms with Crippen LogP contribution in [0.25, 0.3) is 0 Å². The third-order valence-electron chi connectivity index (χ3n) is 5.77. The number of carbonyl (C=O) groups is 2. The lowest BCUT2D eigenvalue weighted by Gasteiger charge is -2.36. The first kappa shape index (κ1) is 18.2. The van der Waals surface area contributed by atoms with E-state index in [4.69, 9.17) is 0 Å². The average molecular weight is 348 g/mol. The predicted octanol–water partition coefficient (Wildman–Crippen LogP) is 1.82. The summed E-state index contributed by atoms with van der Waals surface area (Å²) in [5.74, 6) is 0.131. The van der Waals surface area contributed by atoms with Gasteiger partial charge in [-0.2, -0.15) is 0 Å². The van der Waals surface area contributed by atoms with E-state index in [9.17, 15) is 9.59 Å². The molecular weight excluding hydrogens is 316 g/mol. The lowest BCUT2D eigenvalue weighted by Crippen LogP contribution is -2.48. The zero-order chi connectivity index (χ0) is 17.6. The number of urea groups is 1. The number of amides is 3. The Morgan fingerprint density at radius 1 is 1.20 bits per heavy atom. The predicted molar refractivity (Wildman–Crippen MR) is 98.4 cm³/mol. The second-order valence-corrected chi connectivity index (χ2v) is 7.61.